The van der Waals surface area contributed by atoms with Crippen LogP contribution in [0.4, 0.5) is 5.69 Å². The van der Waals surface area contributed by atoms with E-state index in [0.29, 0.717) is 41.0 Å². The lowest BCUT2D eigenvalue weighted by Gasteiger charge is -2.24. The van der Waals surface area contributed by atoms with Gasteiger partial charge < -0.3 is 14.2 Å². The summed E-state index contributed by atoms with van der Waals surface area (Å²) in [5.41, 5.74) is 4.08. The van der Waals surface area contributed by atoms with Gasteiger partial charge in [0.2, 0.25) is 0 Å². The molecule has 1 amide bonds. The topological polar surface area (TPSA) is 107 Å². The van der Waals surface area contributed by atoms with Gasteiger partial charge in [0.15, 0.2) is 11.5 Å². The number of hydrogen-bond acceptors (Lipinski definition) is 7. The number of carbonyl (C=O) groups is 1. The van der Waals surface area contributed by atoms with Crippen molar-refractivity contribution in [2.75, 3.05) is 31.7 Å². The number of sulfonamides is 1. The van der Waals surface area contributed by atoms with Crippen LogP contribution in [-0.2, 0) is 14.8 Å². The Morgan fingerprint density at radius 2 is 1.61 bits per heavy atom. The molecule has 0 aliphatic heterocycles. The number of halogens is 1. The van der Waals surface area contributed by atoms with Crippen LogP contribution >= 0.6 is 11.6 Å². The Hall–Kier alpha value is -3.76. The summed E-state index contributed by atoms with van der Waals surface area (Å²) in [5, 5.41) is 4.65. The summed E-state index contributed by atoms with van der Waals surface area (Å²) in [6.07, 6.45) is 0.501. The molecular weight excluding hydrogens is 530 g/mol. The predicted molar refractivity (Wildman–Crippen MR) is 148 cm³/mol. The maximum atomic E-state index is 13.5. The van der Waals surface area contributed by atoms with E-state index in [-0.39, 0.29) is 10.6 Å². The minimum atomic E-state index is -4.11. The minimum Gasteiger partial charge on any atom is -0.494 e. The standard InChI is InChI=1S/C27H30ClN3O6S/c1-5-24(19-7-16-25(35-3)26(17-19)36-4)29-30-27(32)18-31(21-10-12-22(13-11-21)37-6-2)38(33,34)23-14-8-20(28)9-15-23/h7-17H,5-6,18H2,1-4H3,(H,30,32)/b29-24-. The summed E-state index contributed by atoms with van der Waals surface area (Å²) in [6.45, 7) is 3.69. The van der Waals surface area contributed by atoms with E-state index in [1.54, 1.807) is 49.6 Å². The van der Waals surface area contributed by atoms with Gasteiger partial charge in [0, 0.05) is 10.6 Å². The zero-order valence-electron chi connectivity index (χ0n) is 21.6. The fourth-order valence-corrected chi connectivity index (χ4v) is 5.13. The summed E-state index contributed by atoms with van der Waals surface area (Å²) in [6, 6.07) is 17.5. The molecule has 38 heavy (non-hydrogen) atoms. The third kappa shape index (κ3) is 6.96. The summed E-state index contributed by atoms with van der Waals surface area (Å²) in [4.78, 5) is 13.0. The molecule has 202 valence electrons. The van der Waals surface area contributed by atoms with Gasteiger partial charge in [-0.1, -0.05) is 18.5 Å². The third-order valence-electron chi connectivity index (χ3n) is 5.49. The van der Waals surface area contributed by atoms with Gasteiger partial charge in [-0.2, -0.15) is 5.10 Å². The number of anilines is 1. The molecule has 0 fully saturated rings. The number of carbonyl (C=O) groups excluding carboxylic acids is 1. The number of methoxy groups -OCH3 is 2. The van der Waals surface area contributed by atoms with Crippen LogP contribution in [-0.4, -0.2) is 47.4 Å². The van der Waals surface area contributed by atoms with Crippen LogP contribution in [0.1, 0.15) is 25.8 Å². The van der Waals surface area contributed by atoms with E-state index in [0.717, 1.165) is 9.87 Å². The molecule has 0 aliphatic rings. The second-order valence-corrected chi connectivity index (χ2v) is 10.2. The number of amides is 1. The highest BCUT2D eigenvalue weighted by Gasteiger charge is 2.27. The molecule has 0 aliphatic carbocycles. The maximum Gasteiger partial charge on any atom is 0.264 e. The first kappa shape index (κ1) is 28.8. The van der Waals surface area contributed by atoms with Crippen LogP contribution in [0, 0.1) is 0 Å². The average molecular weight is 560 g/mol. The molecule has 0 saturated heterocycles. The van der Waals surface area contributed by atoms with E-state index in [4.69, 9.17) is 25.8 Å². The van der Waals surface area contributed by atoms with Gasteiger partial charge >= 0.3 is 0 Å². The lowest BCUT2D eigenvalue weighted by atomic mass is 10.1. The molecule has 3 aromatic carbocycles. The van der Waals surface area contributed by atoms with E-state index in [1.807, 2.05) is 13.8 Å². The Morgan fingerprint density at radius 3 is 2.18 bits per heavy atom. The molecule has 0 heterocycles. The number of rotatable bonds is 12. The number of nitrogens with zero attached hydrogens (tertiary/aromatic N) is 2. The van der Waals surface area contributed by atoms with E-state index in [2.05, 4.69) is 10.5 Å². The van der Waals surface area contributed by atoms with Crippen molar-refractivity contribution in [3.63, 3.8) is 0 Å². The Kier molecular flexibility index (Phi) is 9.98. The van der Waals surface area contributed by atoms with Crippen molar-refractivity contribution in [2.45, 2.75) is 25.2 Å². The fraction of sp³-hybridized carbons (Fsp3) is 0.259. The third-order valence-corrected chi connectivity index (χ3v) is 7.53. The first-order valence-electron chi connectivity index (χ1n) is 11.8. The molecule has 0 spiro atoms. The van der Waals surface area contributed by atoms with Crippen LogP contribution in [0.5, 0.6) is 17.2 Å². The van der Waals surface area contributed by atoms with E-state index in [1.165, 1.54) is 31.4 Å². The molecule has 0 aromatic heterocycles. The SMILES string of the molecule is CCOc1ccc(N(CC(=O)N/N=C(/CC)c2ccc(OC)c(OC)c2)S(=O)(=O)c2ccc(Cl)cc2)cc1. The number of hydrazone groups is 1. The van der Waals surface area contributed by atoms with E-state index < -0.39 is 22.5 Å². The molecule has 0 saturated carbocycles. The normalized spacial score (nSPS) is 11.6. The van der Waals surface area contributed by atoms with Gasteiger partial charge in [0.25, 0.3) is 15.9 Å². The van der Waals surface area contributed by atoms with Crippen molar-refractivity contribution >= 4 is 38.9 Å². The molecule has 0 bridgehead atoms. The van der Waals surface area contributed by atoms with Crippen LogP contribution in [0.3, 0.4) is 0 Å². The zero-order valence-corrected chi connectivity index (χ0v) is 23.2. The molecule has 0 radical (unpaired) electrons. The summed E-state index contributed by atoms with van der Waals surface area (Å²) < 4.78 is 44.2. The predicted octanol–water partition coefficient (Wildman–Crippen LogP) is 4.88. The summed E-state index contributed by atoms with van der Waals surface area (Å²) in [7, 11) is -1.04. The maximum absolute atomic E-state index is 13.5. The quantitative estimate of drug-likeness (QED) is 0.250. The van der Waals surface area contributed by atoms with Crippen LogP contribution in [0.25, 0.3) is 0 Å². The van der Waals surface area contributed by atoms with Gasteiger partial charge in [-0.25, -0.2) is 13.8 Å². The minimum absolute atomic E-state index is 0.00772. The van der Waals surface area contributed by atoms with Crippen molar-refractivity contribution < 1.29 is 27.4 Å². The first-order chi connectivity index (χ1) is 18.2. The number of hydrogen-bond donors (Lipinski definition) is 1. The molecule has 0 atom stereocenters. The van der Waals surface area contributed by atoms with Gasteiger partial charge in [0.1, 0.15) is 12.3 Å². The highest BCUT2D eigenvalue weighted by atomic mass is 35.5. The highest BCUT2D eigenvalue weighted by molar-refractivity contribution is 7.92. The fourth-order valence-electron chi connectivity index (χ4n) is 3.58. The smallest absolute Gasteiger partial charge is 0.264 e. The van der Waals surface area contributed by atoms with Crippen molar-refractivity contribution in [3.05, 3.63) is 77.3 Å². The Bertz CT molecular complexity index is 1380. The van der Waals surface area contributed by atoms with Crippen LogP contribution < -0.4 is 23.9 Å². The van der Waals surface area contributed by atoms with Gasteiger partial charge in [-0.15, -0.1) is 0 Å². The second-order valence-electron chi connectivity index (χ2n) is 7.91. The molecule has 3 aromatic rings. The van der Waals surface area contributed by atoms with Gasteiger partial charge in [-0.05, 0) is 80.1 Å². The lowest BCUT2D eigenvalue weighted by Crippen LogP contribution is -2.39. The lowest BCUT2D eigenvalue weighted by molar-refractivity contribution is -0.119. The molecule has 0 unspecified atom stereocenters. The number of benzene rings is 3. The van der Waals surface area contributed by atoms with E-state index >= 15 is 0 Å². The molecule has 11 heteroatoms. The molecule has 1 N–H and O–H groups in total. The van der Waals surface area contributed by atoms with Gasteiger partial charge in [-0.3, -0.25) is 9.10 Å². The first-order valence-corrected chi connectivity index (χ1v) is 13.6. The summed E-state index contributed by atoms with van der Waals surface area (Å²) in [5.74, 6) is 1.04. The van der Waals surface area contributed by atoms with Crippen molar-refractivity contribution in [1.82, 2.24) is 5.43 Å². The van der Waals surface area contributed by atoms with Crippen molar-refractivity contribution in [2.24, 2.45) is 5.10 Å². The van der Waals surface area contributed by atoms with Crippen molar-refractivity contribution in [3.8, 4) is 17.2 Å². The molecule has 9 nitrogen and oxygen atoms in total. The Morgan fingerprint density at radius 1 is 0.947 bits per heavy atom. The zero-order chi connectivity index (χ0) is 27.7. The molecule has 3 rings (SSSR count). The average Bonchev–Trinajstić information content (AvgIpc) is 2.92. The Balaban J connectivity index is 1.89. The summed E-state index contributed by atoms with van der Waals surface area (Å²) >= 11 is 5.94. The number of ether oxygens (including phenoxy) is 3. The highest BCUT2D eigenvalue weighted by Crippen LogP contribution is 2.29. The second kappa shape index (κ2) is 13.2. The van der Waals surface area contributed by atoms with Gasteiger partial charge in [0.05, 0.1) is 37.1 Å². The largest absolute Gasteiger partial charge is 0.494 e. The molecular formula is C27H30ClN3O6S. The number of nitrogens with one attached hydrogen (secondary N) is 1. The van der Waals surface area contributed by atoms with E-state index in [9.17, 15) is 13.2 Å². The Labute approximate surface area is 228 Å². The van der Waals surface area contributed by atoms with Crippen molar-refractivity contribution in [1.29, 1.82) is 0 Å². The van der Waals surface area contributed by atoms with Crippen LogP contribution in [0.15, 0.2) is 76.7 Å². The van der Waals surface area contributed by atoms with Crippen LogP contribution in [0.2, 0.25) is 5.02 Å². The monoisotopic (exact) mass is 559 g/mol.